The average molecular weight is 298 g/mol. The first-order valence-electron chi connectivity index (χ1n) is 7.00. The summed E-state index contributed by atoms with van der Waals surface area (Å²) in [5.74, 6) is 2.79. The molecule has 114 valence electrons. The third-order valence-electron chi connectivity index (χ3n) is 3.67. The van der Waals surface area contributed by atoms with Crippen molar-refractivity contribution in [3.05, 3.63) is 53.6 Å². The van der Waals surface area contributed by atoms with E-state index in [4.69, 9.17) is 18.9 Å². The smallest absolute Gasteiger partial charge is 0.203 e. The summed E-state index contributed by atoms with van der Waals surface area (Å²) in [6.07, 6.45) is 3.89. The van der Waals surface area contributed by atoms with Crippen molar-refractivity contribution in [3.63, 3.8) is 0 Å². The molecule has 0 fully saturated rings. The molecule has 0 spiro atoms. The van der Waals surface area contributed by atoms with Gasteiger partial charge in [-0.2, -0.15) is 0 Å². The maximum absolute atomic E-state index is 6.12. The lowest BCUT2D eigenvalue weighted by molar-refractivity contribution is 0.233. The van der Waals surface area contributed by atoms with Crippen LogP contribution in [0.25, 0.3) is 6.08 Å². The fourth-order valence-corrected chi connectivity index (χ4v) is 2.50. The number of ether oxygens (including phenoxy) is 4. The van der Waals surface area contributed by atoms with Crippen molar-refractivity contribution in [2.24, 2.45) is 0 Å². The van der Waals surface area contributed by atoms with E-state index in [1.165, 1.54) is 0 Å². The quantitative estimate of drug-likeness (QED) is 0.859. The first kappa shape index (κ1) is 14.3. The molecule has 4 heteroatoms. The fraction of sp³-hybridized carbons (Fsp3) is 0.222. The van der Waals surface area contributed by atoms with Gasteiger partial charge in [-0.3, -0.25) is 0 Å². The van der Waals surface area contributed by atoms with E-state index in [0.29, 0.717) is 17.2 Å². The number of hydrogen-bond acceptors (Lipinski definition) is 4. The summed E-state index contributed by atoms with van der Waals surface area (Å²) in [6.45, 7) is 0. The van der Waals surface area contributed by atoms with Crippen molar-refractivity contribution in [1.29, 1.82) is 0 Å². The van der Waals surface area contributed by atoms with Gasteiger partial charge in [0.25, 0.3) is 0 Å². The van der Waals surface area contributed by atoms with Crippen molar-refractivity contribution in [1.82, 2.24) is 0 Å². The van der Waals surface area contributed by atoms with Crippen LogP contribution in [0.1, 0.15) is 17.2 Å². The van der Waals surface area contributed by atoms with Crippen LogP contribution in [-0.2, 0) is 0 Å². The van der Waals surface area contributed by atoms with Crippen molar-refractivity contribution in [2.45, 2.75) is 6.10 Å². The van der Waals surface area contributed by atoms with Crippen LogP contribution in [0, 0.1) is 0 Å². The number of benzene rings is 2. The lowest BCUT2D eigenvalue weighted by atomic mass is 10.0. The molecule has 0 radical (unpaired) electrons. The molecule has 0 aromatic heterocycles. The van der Waals surface area contributed by atoms with Crippen LogP contribution >= 0.6 is 0 Å². The van der Waals surface area contributed by atoms with Gasteiger partial charge < -0.3 is 18.9 Å². The molecule has 1 aliphatic heterocycles. The molecule has 0 amide bonds. The van der Waals surface area contributed by atoms with Gasteiger partial charge in [-0.15, -0.1) is 0 Å². The lowest BCUT2D eigenvalue weighted by Gasteiger charge is -2.24. The van der Waals surface area contributed by atoms with Crippen LogP contribution in [0.4, 0.5) is 0 Å². The molecule has 2 aromatic carbocycles. The van der Waals surface area contributed by atoms with Crippen LogP contribution in [0.5, 0.6) is 23.0 Å². The topological polar surface area (TPSA) is 36.9 Å². The highest BCUT2D eigenvalue weighted by Crippen LogP contribution is 2.45. The Morgan fingerprint density at radius 1 is 0.864 bits per heavy atom. The Kier molecular flexibility index (Phi) is 3.92. The van der Waals surface area contributed by atoms with Gasteiger partial charge in [0.2, 0.25) is 5.75 Å². The lowest BCUT2D eigenvalue weighted by Crippen LogP contribution is -2.10. The van der Waals surface area contributed by atoms with E-state index in [-0.39, 0.29) is 6.10 Å². The molecule has 1 atom stereocenters. The normalized spacial score (nSPS) is 15.7. The minimum atomic E-state index is -0.167. The zero-order valence-corrected chi connectivity index (χ0v) is 12.8. The SMILES string of the molecule is COc1ccc(C2C=Cc3ccc(OC)c(OC)c3O2)cc1. The molecule has 0 saturated heterocycles. The van der Waals surface area contributed by atoms with Gasteiger partial charge in [-0.1, -0.05) is 18.2 Å². The van der Waals surface area contributed by atoms with E-state index in [1.54, 1.807) is 21.3 Å². The molecule has 22 heavy (non-hydrogen) atoms. The molecule has 1 aliphatic rings. The molecule has 0 bridgehead atoms. The maximum Gasteiger partial charge on any atom is 0.203 e. The highest BCUT2D eigenvalue weighted by atomic mass is 16.5. The standard InChI is InChI=1S/C18H18O4/c1-19-14-8-4-12(5-9-14)15-10-6-13-7-11-16(20-2)18(21-3)17(13)22-15/h4-11,15H,1-3H3. The molecule has 4 nitrogen and oxygen atoms in total. The van der Waals surface area contributed by atoms with Gasteiger partial charge in [0, 0.05) is 5.56 Å². The second-order valence-electron chi connectivity index (χ2n) is 4.89. The van der Waals surface area contributed by atoms with E-state index in [2.05, 4.69) is 0 Å². The van der Waals surface area contributed by atoms with Crippen molar-refractivity contribution in [3.8, 4) is 23.0 Å². The number of hydrogen-bond donors (Lipinski definition) is 0. The van der Waals surface area contributed by atoms with Crippen LogP contribution in [0.15, 0.2) is 42.5 Å². The summed E-state index contributed by atoms with van der Waals surface area (Å²) in [5, 5.41) is 0. The molecule has 0 aliphatic carbocycles. The molecule has 1 heterocycles. The second-order valence-corrected chi connectivity index (χ2v) is 4.89. The van der Waals surface area contributed by atoms with E-state index < -0.39 is 0 Å². The van der Waals surface area contributed by atoms with Crippen molar-refractivity contribution < 1.29 is 18.9 Å². The predicted octanol–water partition coefficient (Wildman–Crippen LogP) is 3.86. The van der Waals surface area contributed by atoms with E-state index in [0.717, 1.165) is 16.9 Å². The Hall–Kier alpha value is -2.62. The zero-order valence-electron chi connectivity index (χ0n) is 12.8. The maximum atomic E-state index is 6.12. The Labute approximate surface area is 129 Å². The van der Waals surface area contributed by atoms with Gasteiger partial charge in [0.05, 0.1) is 21.3 Å². The minimum absolute atomic E-state index is 0.167. The fourth-order valence-electron chi connectivity index (χ4n) is 2.50. The van der Waals surface area contributed by atoms with Gasteiger partial charge in [0.15, 0.2) is 11.5 Å². The van der Waals surface area contributed by atoms with Crippen LogP contribution in [0.3, 0.4) is 0 Å². The van der Waals surface area contributed by atoms with E-state index >= 15 is 0 Å². The van der Waals surface area contributed by atoms with Crippen LogP contribution in [0.2, 0.25) is 0 Å². The number of fused-ring (bicyclic) bond motifs is 1. The molecule has 0 saturated carbocycles. The predicted molar refractivity (Wildman–Crippen MR) is 84.9 cm³/mol. The summed E-state index contributed by atoms with van der Waals surface area (Å²) < 4.78 is 22.1. The molecule has 1 unspecified atom stereocenters. The monoisotopic (exact) mass is 298 g/mol. The minimum Gasteiger partial charge on any atom is -0.497 e. The Bertz CT molecular complexity index is 689. The molecular formula is C18H18O4. The first-order chi connectivity index (χ1) is 10.8. The van der Waals surface area contributed by atoms with Crippen molar-refractivity contribution in [2.75, 3.05) is 21.3 Å². The molecule has 0 N–H and O–H groups in total. The summed E-state index contributed by atoms with van der Waals surface area (Å²) in [4.78, 5) is 0. The summed E-state index contributed by atoms with van der Waals surface area (Å²) in [7, 11) is 4.88. The summed E-state index contributed by atoms with van der Waals surface area (Å²) in [6, 6.07) is 11.7. The Morgan fingerprint density at radius 2 is 1.64 bits per heavy atom. The van der Waals surface area contributed by atoms with Gasteiger partial charge in [0.1, 0.15) is 11.9 Å². The van der Waals surface area contributed by atoms with Crippen LogP contribution < -0.4 is 18.9 Å². The summed E-state index contributed by atoms with van der Waals surface area (Å²) >= 11 is 0. The average Bonchev–Trinajstić information content (AvgIpc) is 2.60. The van der Waals surface area contributed by atoms with Gasteiger partial charge >= 0.3 is 0 Å². The van der Waals surface area contributed by atoms with Crippen LogP contribution in [-0.4, -0.2) is 21.3 Å². The molecular weight excluding hydrogens is 280 g/mol. The number of methoxy groups -OCH3 is 3. The molecule has 2 aromatic rings. The number of rotatable bonds is 4. The van der Waals surface area contributed by atoms with Gasteiger partial charge in [-0.25, -0.2) is 0 Å². The highest BCUT2D eigenvalue weighted by molar-refractivity contribution is 5.68. The Morgan fingerprint density at radius 3 is 2.27 bits per heavy atom. The zero-order chi connectivity index (χ0) is 15.5. The highest BCUT2D eigenvalue weighted by Gasteiger charge is 2.22. The van der Waals surface area contributed by atoms with Crippen molar-refractivity contribution >= 4 is 6.08 Å². The van der Waals surface area contributed by atoms with Gasteiger partial charge in [-0.05, 0) is 35.9 Å². The molecule has 3 rings (SSSR count). The largest absolute Gasteiger partial charge is 0.497 e. The Balaban J connectivity index is 1.95. The summed E-state index contributed by atoms with van der Waals surface area (Å²) in [5.41, 5.74) is 2.02. The van der Waals surface area contributed by atoms with E-state index in [1.807, 2.05) is 48.6 Å². The third-order valence-corrected chi connectivity index (χ3v) is 3.67. The first-order valence-corrected chi connectivity index (χ1v) is 7.00. The third kappa shape index (κ3) is 2.48. The second kappa shape index (κ2) is 6.02. The van der Waals surface area contributed by atoms with E-state index in [9.17, 15) is 0 Å².